The topological polar surface area (TPSA) is 126 Å². The number of nitrogens with zero attached hydrogens (tertiary/aromatic N) is 2. The van der Waals surface area contributed by atoms with Crippen LogP contribution in [0.3, 0.4) is 0 Å². The molecule has 0 bridgehead atoms. The highest BCUT2D eigenvalue weighted by Gasteiger charge is 2.30. The van der Waals surface area contributed by atoms with E-state index in [0.717, 1.165) is 17.7 Å². The molecule has 3 rings (SSSR count). The van der Waals surface area contributed by atoms with Gasteiger partial charge < -0.3 is 29.3 Å². The van der Waals surface area contributed by atoms with Gasteiger partial charge in [0.15, 0.2) is 11.5 Å². The molecule has 1 aliphatic rings. The molecule has 1 heterocycles. The molecule has 2 aromatic rings. The van der Waals surface area contributed by atoms with Gasteiger partial charge in [0.1, 0.15) is 0 Å². The third-order valence-electron chi connectivity index (χ3n) is 5.44. The Balaban J connectivity index is 0.000000717. The molecule has 0 aromatic heterocycles. The number of carbonyl (C=O) groups excluding carboxylic acids is 1. The van der Waals surface area contributed by atoms with Gasteiger partial charge in [-0.1, -0.05) is 12.1 Å². The van der Waals surface area contributed by atoms with E-state index in [9.17, 15) is 18.0 Å². The van der Waals surface area contributed by atoms with Gasteiger partial charge in [-0.2, -0.15) is 13.2 Å². The van der Waals surface area contributed by atoms with Crippen LogP contribution in [0, 0.1) is 0 Å². The maximum atomic E-state index is 13.0. The number of carbonyl (C=O) groups is 3. The van der Waals surface area contributed by atoms with Crippen LogP contribution < -0.4 is 14.2 Å². The normalized spacial score (nSPS) is 13.7. The van der Waals surface area contributed by atoms with Crippen LogP contribution in [-0.4, -0.2) is 85.4 Å². The molecule has 2 aromatic carbocycles. The summed E-state index contributed by atoms with van der Waals surface area (Å²) in [6.45, 7) is 2.80. The molecule has 0 radical (unpaired) electrons. The van der Waals surface area contributed by atoms with Gasteiger partial charge in [0, 0.05) is 38.3 Å². The number of ether oxygens (including phenoxy) is 3. The lowest BCUT2D eigenvalue weighted by Crippen LogP contribution is -2.48. The van der Waals surface area contributed by atoms with E-state index in [-0.39, 0.29) is 5.91 Å². The number of benzene rings is 2. The Labute approximate surface area is 210 Å². The number of carboxylic acid groups (broad SMARTS) is 2. The summed E-state index contributed by atoms with van der Waals surface area (Å²) in [5.74, 6) is -2.56. The smallest absolute Gasteiger partial charge is 0.416 e. The minimum Gasteiger partial charge on any atom is -0.493 e. The Kier molecular flexibility index (Phi) is 10.1. The maximum Gasteiger partial charge on any atom is 0.416 e. The largest absolute Gasteiger partial charge is 0.493 e. The van der Waals surface area contributed by atoms with Gasteiger partial charge in [0.2, 0.25) is 5.75 Å². The van der Waals surface area contributed by atoms with Gasteiger partial charge in [-0.3, -0.25) is 9.69 Å². The summed E-state index contributed by atoms with van der Waals surface area (Å²) in [7, 11) is 4.48. The number of amides is 1. The van der Waals surface area contributed by atoms with E-state index in [1.807, 2.05) is 0 Å². The van der Waals surface area contributed by atoms with E-state index in [1.165, 1.54) is 33.5 Å². The maximum absolute atomic E-state index is 13.0. The van der Waals surface area contributed by atoms with Crippen molar-refractivity contribution in [2.75, 3.05) is 47.5 Å². The van der Waals surface area contributed by atoms with Crippen LogP contribution in [0.25, 0.3) is 0 Å². The number of halogens is 3. The first kappa shape index (κ1) is 29.2. The van der Waals surface area contributed by atoms with E-state index in [4.69, 9.17) is 34.0 Å². The first-order valence-corrected chi connectivity index (χ1v) is 10.8. The molecule has 0 spiro atoms. The third kappa shape index (κ3) is 8.00. The second-order valence-corrected chi connectivity index (χ2v) is 7.79. The van der Waals surface area contributed by atoms with Crippen molar-refractivity contribution < 1.29 is 52.0 Å². The van der Waals surface area contributed by atoms with Gasteiger partial charge in [0.05, 0.1) is 26.9 Å². The van der Waals surface area contributed by atoms with Crippen LogP contribution in [0.1, 0.15) is 21.5 Å². The summed E-state index contributed by atoms with van der Waals surface area (Å²) in [6, 6.07) is 8.43. The molecule has 0 unspecified atom stereocenters. The molecule has 10 nitrogen and oxygen atoms in total. The zero-order valence-corrected chi connectivity index (χ0v) is 20.4. The summed E-state index contributed by atoms with van der Waals surface area (Å²) >= 11 is 0. The first-order valence-electron chi connectivity index (χ1n) is 10.8. The second-order valence-electron chi connectivity index (χ2n) is 7.79. The first-order chi connectivity index (χ1) is 17.4. The highest BCUT2D eigenvalue weighted by Crippen LogP contribution is 2.38. The van der Waals surface area contributed by atoms with Crippen LogP contribution >= 0.6 is 0 Å². The molecular weight excluding hydrogens is 501 g/mol. The van der Waals surface area contributed by atoms with Crippen LogP contribution in [0.15, 0.2) is 36.4 Å². The Morgan fingerprint density at radius 1 is 0.838 bits per heavy atom. The zero-order chi connectivity index (χ0) is 27.8. The summed E-state index contributed by atoms with van der Waals surface area (Å²) in [5, 5.41) is 14.8. The number of rotatable bonds is 6. The number of methoxy groups -OCH3 is 3. The number of carboxylic acids is 2. The van der Waals surface area contributed by atoms with Gasteiger partial charge in [-0.25, -0.2) is 9.59 Å². The Hall–Kier alpha value is -4.00. The number of alkyl halides is 3. The quantitative estimate of drug-likeness (QED) is 0.545. The van der Waals surface area contributed by atoms with Crippen LogP contribution in [0.5, 0.6) is 17.2 Å². The van der Waals surface area contributed by atoms with Crippen molar-refractivity contribution >= 4 is 17.8 Å². The lowest BCUT2D eigenvalue weighted by atomic mass is 10.1. The summed E-state index contributed by atoms with van der Waals surface area (Å²) in [5.41, 5.74) is 0.583. The average molecular weight is 528 g/mol. The molecule has 1 saturated heterocycles. The number of hydrogen-bond acceptors (Lipinski definition) is 7. The number of piperazine rings is 1. The standard InChI is InChI=1S/C22H25F3N2O4.C2H2O4/c1-29-18-12-16(13-19(30-2)20(18)31-3)21(28)27-10-8-26(9-11-27)14-15-4-6-17(7-5-15)22(23,24)25;3-1(4)2(5)6/h4-7,12-13H,8-11,14H2,1-3H3;(H,3,4)(H,5,6). The number of aliphatic carboxylic acids is 2. The SMILES string of the molecule is COc1cc(C(=O)N2CCN(Cc3ccc(C(F)(F)F)cc3)CC2)cc(OC)c1OC.O=C(O)C(=O)O. The van der Waals surface area contributed by atoms with Gasteiger partial charge in [0.25, 0.3) is 5.91 Å². The number of hydrogen-bond donors (Lipinski definition) is 2. The molecule has 1 fully saturated rings. The van der Waals surface area contributed by atoms with E-state index < -0.39 is 23.7 Å². The van der Waals surface area contributed by atoms with Crippen molar-refractivity contribution in [3.8, 4) is 17.2 Å². The van der Waals surface area contributed by atoms with Crippen molar-refractivity contribution in [3.63, 3.8) is 0 Å². The molecule has 0 aliphatic carbocycles. The predicted molar refractivity (Wildman–Crippen MR) is 124 cm³/mol. The van der Waals surface area contributed by atoms with E-state index in [0.29, 0.717) is 55.5 Å². The van der Waals surface area contributed by atoms with Crippen molar-refractivity contribution in [3.05, 3.63) is 53.1 Å². The van der Waals surface area contributed by atoms with Crippen LogP contribution in [0.4, 0.5) is 13.2 Å². The molecule has 13 heteroatoms. The second kappa shape index (κ2) is 12.8. The Morgan fingerprint density at radius 3 is 1.70 bits per heavy atom. The molecule has 2 N–H and O–H groups in total. The predicted octanol–water partition coefficient (Wildman–Crippen LogP) is 2.84. The minimum atomic E-state index is -4.34. The van der Waals surface area contributed by atoms with Crippen LogP contribution in [-0.2, 0) is 22.3 Å². The van der Waals surface area contributed by atoms with Crippen LogP contribution in [0.2, 0.25) is 0 Å². The van der Waals surface area contributed by atoms with Crippen molar-refractivity contribution in [2.45, 2.75) is 12.7 Å². The van der Waals surface area contributed by atoms with E-state index in [2.05, 4.69) is 4.90 Å². The molecule has 0 saturated carbocycles. The fraction of sp³-hybridized carbons (Fsp3) is 0.375. The molecule has 1 aliphatic heterocycles. The Bertz CT molecular complexity index is 1060. The summed E-state index contributed by atoms with van der Waals surface area (Å²) < 4.78 is 54.0. The van der Waals surface area contributed by atoms with Gasteiger partial charge in [-0.05, 0) is 29.8 Å². The minimum absolute atomic E-state index is 0.145. The Morgan fingerprint density at radius 2 is 1.32 bits per heavy atom. The monoisotopic (exact) mass is 528 g/mol. The van der Waals surface area contributed by atoms with Crippen molar-refractivity contribution in [1.82, 2.24) is 9.80 Å². The fourth-order valence-corrected chi connectivity index (χ4v) is 3.55. The van der Waals surface area contributed by atoms with Crippen molar-refractivity contribution in [2.24, 2.45) is 0 Å². The van der Waals surface area contributed by atoms with Gasteiger partial charge in [-0.15, -0.1) is 0 Å². The van der Waals surface area contributed by atoms with Crippen molar-refractivity contribution in [1.29, 1.82) is 0 Å². The summed E-state index contributed by atoms with van der Waals surface area (Å²) in [6.07, 6.45) is -4.34. The lowest BCUT2D eigenvalue weighted by Gasteiger charge is -2.35. The zero-order valence-electron chi connectivity index (χ0n) is 20.4. The lowest BCUT2D eigenvalue weighted by molar-refractivity contribution is -0.159. The molecule has 202 valence electrons. The highest BCUT2D eigenvalue weighted by atomic mass is 19.4. The molecular formula is C24H27F3N2O8. The molecule has 1 amide bonds. The highest BCUT2D eigenvalue weighted by molar-refractivity contribution is 6.27. The van der Waals surface area contributed by atoms with E-state index >= 15 is 0 Å². The van der Waals surface area contributed by atoms with E-state index in [1.54, 1.807) is 17.0 Å². The average Bonchev–Trinajstić information content (AvgIpc) is 2.87. The van der Waals surface area contributed by atoms with Gasteiger partial charge >= 0.3 is 18.1 Å². The third-order valence-corrected chi connectivity index (χ3v) is 5.44. The molecule has 0 atom stereocenters. The molecule has 37 heavy (non-hydrogen) atoms. The summed E-state index contributed by atoms with van der Waals surface area (Å²) in [4.78, 5) is 35.0. The fourth-order valence-electron chi connectivity index (χ4n) is 3.55.